The first-order chi connectivity index (χ1) is 13.4. The van der Waals surface area contributed by atoms with Crippen LogP contribution >= 0.6 is 11.6 Å². The van der Waals surface area contributed by atoms with Gasteiger partial charge in [0.2, 0.25) is 0 Å². The van der Waals surface area contributed by atoms with Crippen LogP contribution in [0.25, 0.3) is 16.9 Å². The van der Waals surface area contributed by atoms with Gasteiger partial charge in [0.25, 0.3) is 11.6 Å². The van der Waals surface area contributed by atoms with E-state index in [1.807, 2.05) is 13.8 Å². The molecule has 3 aromatic rings. The minimum absolute atomic E-state index is 0.000301. The van der Waals surface area contributed by atoms with Gasteiger partial charge < -0.3 is 4.90 Å². The maximum absolute atomic E-state index is 13.0. The quantitative estimate of drug-likeness (QED) is 0.449. The summed E-state index contributed by atoms with van der Waals surface area (Å²) in [6.07, 6.45) is 0. The highest BCUT2D eigenvalue weighted by molar-refractivity contribution is 6.30. The topological polar surface area (TPSA) is 81.3 Å². The van der Waals surface area contributed by atoms with E-state index in [4.69, 9.17) is 11.6 Å². The number of halogens is 1. The number of non-ortho nitro benzene ring substituents is 1. The molecular formula is C20H19ClN4O3. The van der Waals surface area contributed by atoms with Gasteiger partial charge in [-0.2, -0.15) is 5.10 Å². The van der Waals surface area contributed by atoms with Crippen LogP contribution in [0.5, 0.6) is 0 Å². The number of amides is 1. The van der Waals surface area contributed by atoms with E-state index in [1.165, 1.54) is 12.1 Å². The lowest BCUT2D eigenvalue weighted by atomic mass is 10.1. The number of carbonyl (C=O) groups excluding carboxylic acids is 1. The molecule has 0 fully saturated rings. The molecule has 3 rings (SSSR count). The third-order valence-corrected chi connectivity index (χ3v) is 4.68. The van der Waals surface area contributed by atoms with Gasteiger partial charge >= 0.3 is 0 Å². The van der Waals surface area contributed by atoms with Gasteiger partial charge in [-0.15, -0.1) is 0 Å². The fraction of sp³-hybridized carbons (Fsp3) is 0.200. The minimum atomic E-state index is -0.453. The lowest BCUT2D eigenvalue weighted by Crippen LogP contribution is -2.32. The number of nitro benzene ring substituents is 1. The lowest BCUT2D eigenvalue weighted by molar-refractivity contribution is -0.384. The average molecular weight is 399 g/mol. The molecule has 0 aliphatic rings. The Labute approximate surface area is 167 Å². The second-order valence-corrected chi connectivity index (χ2v) is 6.52. The second-order valence-electron chi connectivity index (χ2n) is 6.08. The predicted octanol–water partition coefficient (Wildman–Crippen LogP) is 4.58. The van der Waals surface area contributed by atoms with Gasteiger partial charge in [0.1, 0.15) is 5.69 Å². The molecule has 0 bridgehead atoms. The minimum Gasteiger partial charge on any atom is -0.338 e. The highest BCUT2D eigenvalue weighted by Crippen LogP contribution is 2.25. The first-order valence-corrected chi connectivity index (χ1v) is 9.22. The molecule has 0 aliphatic heterocycles. The molecule has 144 valence electrons. The standard InChI is InChI=1S/C20H19ClN4O3/c1-3-23(4-2)20(26)19-13-18(14-5-9-17(10-6-14)25(27)28)22-24(19)16-11-7-15(21)8-12-16/h5-13H,3-4H2,1-2H3. The van der Waals surface area contributed by atoms with Crippen LogP contribution in [0, 0.1) is 10.1 Å². The molecule has 8 heteroatoms. The molecule has 0 unspecified atom stereocenters. The van der Waals surface area contributed by atoms with E-state index in [1.54, 1.807) is 52.0 Å². The molecule has 0 N–H and O–H groups in total. The Morgan fingerprint density at radius 1 is 1.11 bits per heavy atom. The largest absolute Gasteiger partial charge is 0.338 e. The monoisotopic (exact) mass is 398 g/mol. The molecule has 2 aromatic carbocycles. The first-order valence-electron chi connectivity index (χ1n) is 8.84. The maximum Gasteiger partial charge on any atom is 0.272 e. The summed E-state index contributed by atoms with van der Waals surface area (Å²) in [6.45, 7) is 4.99. The molecule has 0 atom stereocenters. The van der Waals surface area contributed by atoms with E-state index in [-0.39, 0.29) is 11.6 Å². The van der Waals surface area contributed by atoms with Gasteiger partial charge in [0.05, 0.1) is 16.3 Å². The Hall–Kier alpha value is -3.19. The molecule has 1 amide bonds. The highest BCUT2D eigenvalue weighted by atomic mass is 35.5. The van der Waals surface area contributed by atoms with E-state index in [9.17, 15) is 14.9 Å². The van der Waals surface area contributed by atoms with Gasteiger partial charge in [-0.05, 0) is 56.3 Å². The van der Waals surface area contributed by atoms with E-state index < -0.39 is 4.92 Å². The number of rotatable bonds is 6. The molecule has 7 nitrogen and oxygen atoms in total. The van der Waals surface area contributed by atoms with Gasteiger partial charge in [-0.1, -0.05) is 11.6 Å². The molecule has 0 saturated heterocycles. The van der Waals surface area contributed by atoms with Crippen LogP contribution in [0.2, 0.25) is 5.02 Å². The van der Waals surface area contributed by atoms with Gasteiger partial charge in [0, 0.05) is 35.8 Å². The Morgan fingerprint density at radius 2 is 1.71 bits per heavy atom. The van der Waals surface area contributed by atoms with Crippen molar-refractivity contribution in [2.45, 2.75) is 13.8 Å². The molecule has 0 saturated carbocycles. The van der Waals surface area contributed by atoms with E-state index >= 15 is 0 Å². The number of hydrogen-bond donors (Lipinski definition) is 0. The van der Waals surface area contributed by atoms with E-state index in [0.717, 1.165) is 0 Å². The Morgan fingerprint density at radius 3 is 2.25 bits per heavy atom. The van der Waals surface area contributed by atoms with Crippen molar-refractivity contribution in [3.63, 3.8) is 0 Å². The number of nitro groups is 1. The molecule has 0 spiro atoms. The summed E-state index contributed by atoms with van der Waals surface area (Å²) >= 11 is 5.98. The molecule has 28 heavy (non-hydrogen) atoms. The first kappa shape index (κ1) is 19.6. The van der Waals surface area contributed by atoms with E-state index in [2.05, 4.69) is 5.10 Å². The van der Waals surface area contributed by atoms with Crippen molar-refractivity contribution >= 4 is 23.2 Å². The number of aromatic nitrogens is 2. The SMILES string of the molecule is CCN(CC)C(=O)c1cc(-c2ccc([N+](=O)[O-])cc2)nn1-c1ccc(Cl)cc1. The number of nitrogens with zero attached hydrogens (tertiary/aromatic N) is 4. The van der Waals surface area contributed by atoms with Gasteiger partial charge in [-0.3, -0.25) is 14.9 Å². The fourth-order valence-electron chi connectivity index (χ4n) is 2.88. The van der Waals surface area contributed by atoms with Crippen LogP contribution in [0.4, 0.5) is 5.69 Å². The maximum atomic E-state index is 13.0. The van der Waals surface area contributed by atoms with Crippen LogP contribution in [-0.4, -0.2) is 38.6 Å². The Balaban J connectivity index is 2.10. The fourth-order valence-corrected chi connectivity index (χ4v) is 3.01. The zero-order chi connectivity index (χ0) is 20.3. The summed E-state index contributed by atoms with van der Waals surface area (Å²) in [4.78, 5) is 25.1. The van der Waals surface area contributed by atoms with Crippen molar-refractivity contribution in [2.75, 3.05) is 13.1 Å². The molecule has 0 aliphatic carbocycles. The summed E-state index contributed by atoms with van der Waals surface area (Å²) in [5, 5.41) is 16.0. The summed E-state index contributed by atoms with van der Waals surface area (Å²) in [5.41, 5.74) is 2.36. The van der Waals surface area contributed by atoms with Crippen LogP contribution in [0.3, 0.4) is 0 Å². The molecule has 0 radical (unpaired) electrons. The van der Waals surface area contributed by atoms with Crippen LogP contribution in [0.1, 0.15) is 24.3 Å². The third kappa shape index (κ3) is 3.89. The number of hydrogen-bond acceptors (Lipinski definition) is 4. The van der Waals surface area contributed by atoms with Crippen molar-refractivity contribution in [3.05, 3.63) is 75.4 Å². The Bertz CT molecular complexity index is 993. The van der Waals surface area contributed by atoms with Crippen molar-refractivity contribution in [1.82, 2.24) is 14.7 Å². The zero-order valence-corrected chi connectivity index (χ0v) is 16.3. The van der Waals surface area contributed by atoms with E-state index in [0.29, 0.717) is 40.8 Å². The van der Waals surface area contributed by atoms with Crippen molar-refractivity contribution in [2.24, 2.45) is 0 Å². The normalized spacial score (nSPS) is 10.7. The zero-order valence-electron chi connectivity index (χ0n) is 15.5. The van der Waals surface area contributed by atoms with Crippen LogP contribution in [-0.2, 0) is 0 Å². The third-order valence-electron chi connectivity index (χ3n) is 4.42. The second kappa shape index (κ2) is 8.22. The average Bonchev–Trinajstić information content (AvgIpc) is 3.15. The number of benzene rings is 2. The molecule has 1 heterocycles. The number of carbonyl (C=O) groups is 1. The van der Waals surface area contributed by atoms with Crippen LogP contribution < -0.4 is 0 Å². The van der Waals surface area contributed by atoms with Crippen LogP contribution in [0.15, 0.2) is 54.6 Å². The highest BCUT2D eigenvalue weighted by Gasteiger charge is 2.21. The summed E-state index contributed by atoms with van der Waals surface area (Å²) < 4.78 is 1.58. The molecule has 1 aromatic heterocycles. The van der Waals surface area contributed by atoms with Crippen molar-refractivity contribution in [3.8, 4) is 16.9 Å². The van der Waals surface area contributed by atoms with Crippen molar-refractivity contribution in [1.29, 1.82) is 0 Å². The van der Waals surface area contributed by atoms with Gasteiger partial charge in [0.15, 0.2) is 0 Å². The predicted molar refractivity (Wildman–Crippen MR) is 108 cm³/mol. The lowest BCUT2D eigenvalue weighted by Gasteiger charge is -2.19. The summed E-state index contributed by atoms with van der Waals surface area (Å²) in [7, 11) is 0. The van der Waals surface area contributed by atoms with Crippen molar-refractivity contribution < 1.29 is 9.72 Å². The Kier molecular flexibility index (Phi) is 5.75. The summed E-state index contributed by atoms with van der Waals surface area (Å²) in [6, 6.07) is 14.8. The molecular weight excluding hydrogens is 380 g/mol. The van der Waals surface area contributed by atoms with Gasteiger partial charge in [-0.25, -0.2) is 4.68 Å². The summed E-state index contributed by atoms with van der Waals surface area (Å²) in [5.74, 6) is -0.138. The smallest absolute Gasteiger partial charge is 0.272 e.